The van der Waals surface area contributed by atoms with Crippen LogP contribution in [0.15, 0.2) is 0 Å². The SMILES string of the molecule is CCOC(=O)NC(CSC)C(=O)N(C#N)CC. The van der Waals surface area contributed by atoms with Crippen molar-refractivity contribution in [3.63, 3.8) is 0 Å². The Morgan fingerprint density at radius 1 is 1.53 bits per heavy atom. The molecule has 6 nitrogen and oxygen atoms in total. The van der Waals surface area contributed by atoms with Gasteiger partial charge in [-0.2, -0.15) is 17.0 Å². The number of nitrogens with zero attached hydrogens (tertiary/aromatic N) is 2. The van der Waals surface area contributed by atoms with Gasteiger partial charge in [-0.3, -0.25) is 4.79 Å². The van der Waals surface area contributed by atoms with E-state index in [9.17, 15) is 9.59 Å². The number of hydrogen-bond acceptors (Lipinski definition) is 5. The van der Waals surface area contributed by atoms with E-state index in [1.807, 2.05) is 6.26 Å². The van der Waals surface area contributed by atoms with Crippen LogP contribution in [0.5, 0.6) is 0 Å². The number of thioether (sulfide) groups is 1. The average Bonchev–Trinajstić information content (AvgIpc) is 2.30. The van der Waals surface area contributed by atoms with Crippen LogP contribution in [-0.4, -0.2) is 48.1 Å². The van der Waals surface area contributed by atoms with Gasteiger partial charge in [0, 0.05) is 12.3 Å². The van der Waals surface area contributed by atoms with Gasteiger partial charge in [-0.15, -0.1) is 0 Å². The minimum absolute atomic E-state index is 0.238. The summed E-state index contributed by atoms with van der Waals surface area (Å²) < 4.78 is 4.70. The standard InChI is InChI=1S/C10H17N3O3S/c1-4-13(7-11)9(14)8(6-17-3)12-10(15)16-5-2/h8H,4-6H2,1-3H3,(H,12,15). The molecule has 2 amide bonds. The lowest BCUT2D eigenvalue weighted by molar-refractivity contribution is -0.129. The molecule has 0 aliphatic carbocycles. The Balaban J connectivity index is 4.56. The monoisotopic (exact) mass is 259 g/mol. The molecular formula is C10H17N3O3S. The molecule has 96 valence electrons. The summed E-state index contributed by atoms with van der Waals surface area (Å²) in [5.41, 5.74) is 0. The van der Waals surface area contributed by atoms with Crippen LogP contribution in [0.3, 0.4) is 0 Å². The molecule has 0 aromatic rings. The molecule has 1 N–H and O–H groups in total. The van der Waals surface area contributed by atoms with E-state index >= 15 is 0 Å². The molecule has 0 bridgehead atoms. The first-order valence-electron chi connectivity index (χ1n) is 5.23. The van der Waals surface area contributed by atoms with Gasteiger partial charge in [0.15, 0.2) is 6.19 Å². The minimum atomic E-state index is -0.733. The van der Waals surface area contributed by atoms with Gasteiger partial charge >= 0.3 is 6.09 Å². The summed E-state index contributed by atoms with van der Waals surface area (Å²) in [4.78, 5) is 24.1. The number of carbonyl (C=O) groups excluding carboxylic acids is 2. The Labute approximate surface area is 105 Å². The number of alkyl carbamates (subject to hydrolysis) is 1. The molecule has 0 aromatic carbocycles. The molecule has 1 atom stereocenters. The highest BCUT2D eigenvalue weighted by Gasteiger charge is 2.25. The number of hydrogen-bond donors (Lipinski definition) is 1. The number of amides is 2. The van der Waals surface area contributed by atoms with Crippen LogP contribution in [0.1, 0.15) is 13.8 Å². The zero-order valence-corrected chi connectivity index (χ0v) is 11.0. The van der Waals surface area contributed by atoms with Crippen molar-refractivity contribution in [1.29, 1.82) is 5.26 Å². The first-order chi connectivity index (χ1) is 8.10. The summed E-state index contributed by atoms with van der Waals surface area (Å²) in [6.07, 6.45) is 2.95. The van der Waals surface area contributed by atoms with Crippen molar-refractivity contribution in [1.82, 2.24) is 10.2 Å². The third-order valence-electron chi connectivity index (χ3n) is 1.90. The van der Waals surface area contributed by atoms with Crippen LogP contribution in [0.4, 0.5) is 4.79 Å². The molecule has 0 spiro atoms. The molecule has 0 rings (SSSR count). The second kappa shape index (κ2) is 8.70. The third-order valence-corrected chi connectivity index (χ3v) is 2.57. The normalized spacial score (nSPS) is 11.2. The highest BCUT2D eigenvalue weighted by atomic mass is 32.2. The number of carbonyl (C=O) groups is 2. The van der Waals surface area contributed by atoms with Crippen LogP contribution in [0.2, 0.25) is 0 Å². The van der Waals surface area contributed by atoms with Crippen molar-refractivity contribution in [3.8, 4) is 6.19 Å². The van der Waals surface area contributed by atoms with Crippen molar-refractivity contribution in [2.75, 3.05) is 25.2 Å². The summed E-state index contributed by atoms with van der Waals surface area (Å²) in [6, 6.07) is -0.733. The van der Waals surface area contributed by atoms with Gasteiger partial charge in [-0.25, -0.2) is 9.69 Å². The highest BCUT2D eigenvalue weighted by molar-refractivity contribution is 7.98. The van der Waals surface area contributed by atoms with Crippen LogP contribution in [0.25, 0.3) is 0 Å². The van der Waals surface area contributed by atoms with E-state index in [0.717, 1.165) is 4.90 Å². The number of nitriles is 1. The zero-order chi connectivity index (χ0) is 13.3. The summed E-state index contributed by atoms with van der Waals surface area (Å²) >= 11 is 1.41. The fourth-order valence-corrected chi connectivity index (χ4v) is 1.68. The summed E-state index contributed by atoms with van der Waals surface area (Å²) in [5, 5.41) is 11.2. The zero-order valence-electron chi connectivity index (χ0n) is 10.2. The molecular weight excluding hydrogens is 242 g/mol. The van der Waals surface area contributed by atoms with E-state index in [-0.39, 0.29) is 13.2 Å². The molecule has 1 unspecified atom stereocenters. The van der Waals surface area contributed by atoms with Gasteiger partial charge in [0.2, 0.25) is 0 Å². The van der Waals surface area contributed by atoms with Crippen molar-refractivity contribution < 1.29 is 14.3 Å². The second-order valence-corrected chi connectivity index (χ2v) is 3.97. The molecule has 0 saturated heterocycles. The lowest BCUT2D eigenvalue weighted by Gasteiger charge is -2.20. The Hall–Kier alpha value is -1.42. The Kier molecular flexibility index (Phi) is 7.97. The Morgan fingerprint density at radius 2 is 2.18 bits per heavy atom. The summed E-state index contributed by atoms with van der Waals surface area (Å²) in [6.45, 7) is 3.90. The van der Waals surface area contributed by atoms with Gasteiger partial charge in [0.05, 0.1) is 6.61 Å². The van der Waals surface area contributed by atoms with Crippen LogP contribution >= 0.6 is 11.8 Å². The molecule has 0 radical (unpaired) electrons. The van der Waals surface area contributed by atoms with Crippen LogP contribution < -0.4 is 5.32 Å². The van der Waals surface area contributed by atoms with Crippen molar-refractivity contribution in [2.24, 2.45) is 0 Å². The second-order valence-electron chi connectivity index (χ2n) is 3.06. The largest absolute Gasteiger partial charge is 0.450 e. The first-order valence-corrected chi connectivity index (χ1v) is 6.63. The van der Waals surface area contributed by atoms with Gasteiger partial charge in [0.1, 0.15) is 6.04 Å². The van der Waals surface area contributed by atoms with E-state index in [4.69, 9.17) is 10.00 Å². The van der Waals surface area contributed by atoms with Crippen molar-refractivity contribution in [2.45, 2.75) is 19.9 Å². The molecule has 0 fully saturated rings. The van der Waals surface area contributed by atoms with Crippen molar-refractivity contribution >= 4 is 23.8 Å². The summed E-state index contributed by atoms with van der Waals surface area (Å²) in [5.74, 6) is -0.0204. The number of likely N-dealkylation sites (N-methyl/N-ethyl adjacent to an activating group) is 1. The highest BCUT2D eigenvalue weighted by Crippen LogP contribution is 2.02. The predicted molar refractivity (Wildman–Crippen MR) is 65.3 cm³/mol. The van der Waals surface area contributed by atoms with E-state index in [1.54, 1.807) is 20.0 Å². The molecule has 0 aliphatic rings. The van der Waals surface area contributed by atoms with E-state index in [1.165, 1.54) is 11.8 Å². The predicted octanol–water partition coefficient (Wildman–Crippen LogP) is 0.794. The van der Waals surface area contributed by atoms with Gasteiger partial charge in [0.25, 0.3) is 5.91 Å². The molecule has 7 heteroatoms. The maximum Gasteiger partial charge on any atom is 0.407 e. The van der Waals surface area contributed by atoms with E-state index in [2.05, 4.69) is 5.32 Å². The van der Waals surface area contributed by atoms with E-state index < -0.39 is 18.0 Å². The van der Waals surface area contributed by atoms with Gasteiger partial charge in [-0.05, 0) is 20.1 Å². The summed E-state index contributed by atoms with van der Waals surface area (Å²) in [7, 11) is 0. The van der Waals surface area contributed by atoms with Gasteiger partial charge in [-0.1, -0.05) is 0 Å². The fourth-order valence-electron chi connectivity index (χ4n) is 1.12. The number of rotatable bonds is 6. The van der Waals surface area contributed by atoms with Crippen molar-refractivity contribution in [3.05, 3.63) is 0 Å². The number of ether oxygens (including phenoxy) is 1. The molecule has 0 aliphatic heterocycles. The molecule has 0 heterocycles. The fraction of sp³-hybridized carbons (Fsp3) is 0.700. The minimum Gasteiger partial charge on any atom is -0.450 e. The first kappa shape index (κ1) is 15.6. The van der Waals surface area contributed by atoms with Crippen LogP contribution in [-0.2, 0) is 9.53 Å². The van der Waals surface area contributed by atoms with E-state index in [0.29, 0.717) is 5.75 Å². The maximum atomic E-state index is 11.9. The smallest absolute Gasteiger partial charge is 0.407 e. The third kappa shape index (κ3) is 5.45. The lowest BCUT2D eigenvalue weighted by Crippen LogP contribution is -2.48. The molecule has 0 saturated carbocycles. The maximum absolute atomic E-state index is 11.9. The lowest BCUT2D eigenvalue weighted by atomic mass is 10.3. The average molecular weight is 259 g/mol. The molecule has 17 heavy (non-hydrogen) atoms. The van der Waals surface area contributed by atoms with Gasteiger partial charge < -0.3 is 10.1 Å². The number of nitrogens with one attached hydrogen (secondary N) is 1. The Bertz CT molecular complexity index is 304. The van der Waals surface area contributed by atoms with Crippen LogP contribution in [0, 0.1) is 11.5 Å². The molecule has 0 aromatic heterocycles. The Morgan fingerprint density at radius 3 is 2.59 bits per heavy atom. The quantitative estimate of drug-likeness (QED) is 0.563. The topological polar surface area (TPSA) is 82.4 Å².